The summed E-state index contributed by atoms with van der Waals surface area (Å²) in [4.78, 5) is 0. The van der Waals surface area contributed by atoms with E-state index < -0.39 is 0 Å². The van der Waals surface area contributed by atoms with Gasteiger partial charge in [-0.05, 0) is 18.2 Å². The summed E-state index contributed by atoms with van der Waals surface area (Å²) in [6, 6.07) is 14.0. The molecule has 5 heteroatoms. The van der Waals surface area contributed by atoms with Crippen molar-refractivity contribution in [3.63, 3.8) is 0 Å². The second-order valence-corrected chi connectivity index (χ2v) is 4.11. The molecule has 3 aromatic rings. The van der Waals surface area contributed by atoms with Crippen molar-refractivity contribution in [3.05, 3.63) is 48.7 Å². The van der Waals surface area contributed by atoms with Crippen LogP contribution in [0.4, 0.5) is 5.82 Å². The van der Waals surface area contributed by atoms with Crippen LogP contribution in [0.15, 0.2) is 48.7 Å². The van der Waals surface area contributed by atoms with Gasteiger partial charge in [-0.2, -0.15) is 0 Å². The topological polar surface area (TPSA) is 46.6 Å². The highest BCUT2D eigenvalue weighted by molar-refractivity contribution is 5.73. The lowest BCUT2D eigenvalue weighted by atomic mass is 10.3. The summed E-state index contributed by atoms with van der Waals surface area (Å²) in [5.74, 6) is 1.04. The second kappa shape index (κ2) is 4.44. The molecule has 0 saturated heterocycles. The van der Waals surface area contributed by atoms with Crippen LogP contribution in [-0.4, -0.2) is 15.0 Å². The molecule has 0 fully saturated rings. The van der Waals surface area contributed by atoms with Crippen LogP contribution in [0.3, 0.4) is 0 Å². The maximum Gasteiger partial charge on any atom is 0.275 e. The number of hydrogen-bond donors (Lipinski definition) is 1. The zero-order valence-corrected chi connectivity index (χ0v) is 10.1. The molecule has 0 bridgehead atoms. The monoisotopic (exact) mass is 240 g/mol. The Morgan fingerprint density at radius 3 is 2.89 bits per heavy atom. The fourth-order valence-corrected chi connectivity index (χ4v) is 1.90. The zero-order chi connectivity index (χ0) is 12.4. The first-order valence-corrected chi connectivity index (χ1v) is 5.81. The SMILES string of the molecule is C[n+]1ccccc1NCn1nnc2ccccc21. The lowest BCUT2D eigenvalue weighted by Crippen LogP contribution is -2.32. The van der Waals surface area contributed by atoms with Crippen molar-refractivity contribution in [3.8, 4) is 0 Å². The van der Waals surface area contributed by atoms with Gasteiger partial charge in [-0.15, -0.1) is 5.10 Å². The summed E-state index contributed by atoms with van der Waals surface area (Å²) < 4.78 is 3.88. The van der Waals surface area contributed by atoms with Crippen molar-refractivity contribution in [2.45, 2.75) is 6.67 Å². The largest absolute Gasteiger partial charge is 0.275 e. The van der Waals surface area contributed by atoms with E-state index in [1.165, 1.54) is 0 Å². The number of fused-ring (bicyclic) bond motifs is 1. The zero-order valence-electron chi connectivity index (χ0n) is 10.1. The van der Waals surface area contributed by atoms with E-state index in [9.17, 15) is 0 Å². The van der Waals surface area contributed by atoms with Gasteiger partial charge in [-0.25, -0.2) is 9.25 Å². The molecule has 3 rings (SSSR count). The molecule has 0 saturated carbocycles. The molecule has 0 atom stereocenters. The molecule has 0 spiro atoms. The van der Waals surface area contributed by atoms with Gasteiger partial charge >= 0.3 is 0 Å². The van der Waals surface area contributed by atoms with Gasteiger partial charge in [-0.1, -0.05) is 23.4 Å². The number of hydrogen-bond acceptors (Lipinski definition) is 3. The second-order valence-electron chi connectivity index (χ2n) is 4.11. The van der Waals surface area contributed by atoms with E-state index in [4.69, 9.17) is 0 Å². The number of anilines is 1. The molecular weight excluding hydrogens is 226 g/mol. The summed E-state index contributed by atoms with van der Waals surface area (Å²) in [5.41, 5.74) is 1.94. The van der Waals surface area contributed by atoms with Gasteiger partial charge in [0.25, 0.3) is 5.82 Å². The number of pyridine rings is 1. The number of aromatic nitrogens is 4. The number of para-hydroxylation sites is 1. The maximum absolute atomic E-state index is 4.13. The molecule has 0 aliphatic heterocycles. The third-order valence-corrected chi connectivity index (χ3v) is 2.89. The number of nitrogens with zero attached hydrogens (tertiary/aromatic N) is 4. The molecule has 18 heavy (non-hydrogen) atoms. The van der Waals surface area contributed by atoms with Crippen LogP contribution in [0.1, 0.15) is 0 Å². The molecule has 0 radical (unpaired) electrons. The van der Waals surface area contributed by atoms with Gasteiger partial charge in [0.05, 0.1) is 18.8 Å². The molecule has 0 aliphatic carbocycles. The lowest BCUT2D eigenvalue weighted by Gasteiger charge is -2.03. The van der Waals surface area contributed by atoms with Crippen molar-refractivity contribution in [1.82, 2.24) is 15.0 Å². The minimum Gasteiger partial charge on any atom is -0.254 e. The van der Waals surface area contributed by atoms with Gasteiger partial charge < -0.3 is 0 Å². The van der Waals surface area contributed by atoms with Gasteiger partial charge in [0.15, 0.2) is 6.67 Å². The maximum atomic E-state index is 4.13. The van der Waals surface area contributed by atoms with Crippen molar-refractivity contribution in [2.24, 2.45) is 7.05 Å². The molecule has 0 amide bonds. The van der Waals surface area contributed by atoms with E-state index in [1.54, 1.807) is 0 Å². The summed E-state index contributed by atoms with van der Waals surface area (Å²) in [6.07, 6.45) is 2.00. The quantitative estimate of drug-likeness (QED) is 0.702. The van der Waals surface area contributed by atoms with Crippen molar-refractivity contribution >= 4 is 16.9 Å². The Balaban J connectivity index is 1.83. The number of aryl methyl sites for hydroxylation is 1. The molecule has 1 N–H and O–H groups in total. The van der Waals surface area contributed by atoms with Crippen LogP contribution >= 0.6 is 0 Å². The predicted octanol–water partition coefficient (Wildman–Crippen LogP) is 1.33. The van der Waals surface area contributed by atoms with Crippen LogP contribution in [0.5, 0.6) is 0 Å². The fraction of sp³-hybridized carbons (Fsp3) is 0.154. The highest BCUT2D eigenvalue weighted by Crippen LogP contribution is 2.09. The third kappa shape index (κ3) is 1.90. The predicted molar refractivity (Wildman–Crippen MR) is 68.8 cm³/mol. The Bertz CT molecular complexity index is 674. The Labute approximate surface area is 105 Å². The van der Waals surface area contributed by atoms with E-state index >= 15 is 0 Å². The average Bonchev–Trinajstić information content (AvgIpc) is 2.81. The third-order valence-electron chi connectivity index (χ3n) is 2.89. The first-order chi connectivity index (χ1) is 8.84. The van der Waals surface area contributed by atoms with E-state index in [0.29, 0.717) is 6.67 Å². The molecule has 0 unspecified atom stereocenters. The van der Waals surface area contributed by atoms with Gasteiger partial charge in [-0.3, -0.25) is 5.32 Å². The first kappa shape index (κ1) is 10.7. The smallest absolute Gasteiger partial charge is 0.254 e. The van der Waals surface area contributed by atoms with Crippen LogP contribution in [-0.2, 0) is 13.7 Å². The molecule has 1 aromatic carbocycles. The molecule has 0 aliphatic rings. The van der Waals surface area contributed by atoms with Gasteiger partial charge in [0, 0.05) is 6.07 Å². The van der Waals surface area contributed by atoms with Crippen molar-refractivity contribution in [2.75, 3.05) is 5.32 Å². The Hall–Kier alpha value is -2.43. The summed E-state index contributed by atoms with van der Waals surface area (Å²) in [6.45, 7) is 0.596. The van der Waals surface area contributed by atoms with Crippen LogP contribution < -0.4 is 9.88 Å². The Morgan fingerprint density at radius 1 is 1.17 bits per heavy atom. The van der Waals surface area contributed by atoms with Crippen LogP contribution in [0.2, 0.25) is 0 Å². The Kier molecular flexibility index (Phi) is 2.64. The number of nitrogens with one attached hydrogen (secondary N) is 1. The van der Waals surface area contributed by atoms with Crippen LogP contribution in [0, 0.1) is 0 Å². The molecule has 2 heterocycles. The molecular formula is C13H14N5+. The molecule has 90 valence electrons. The van der Waals surface area contributed by atoms with E-state index in [1.807, 2.05) is 65.0 Å². The number of benzene rings is 1. The summed E-state index contributed by atoms with van der Waals surface area (Å²) >= 11 is 0. The highest BCUT2D eigenvalue weighted by atomic mass is 15.5. The normalized spacial score (nSPS) is 10.7. The van der Waals surface area contributed by atoms with E-state index in [2.05, 4.69) is 15.6 Å². The highest BCUT2D eigenvalue weighted by Gasteiger charge is 2.07. The molecule has 5 nitrogen and oxygen atoms in total. The minimum atomic E-state index is 0.596. The molecule has 2 aromatic heterocycles. The minimum absolute atomic E-state index is 0.596. The van der Waals surface area contributed by atoms with Gasteiger partial charge in [0.2, 0.25) is 0 Å². The van der Waals surface area contributed by atoms with E-state index in [-0.39, 0.29) is 0 Å². The van der Waals surface area contributed by atoms with E-state index in [0.717, 1.165) is 16.9 Å². The summed E-state index contributed by atoms with van der Waals surface area (Å²) in [5, 5.41) is 11.6. The van der Waals surface area contributed by atoms with Crippen molar-refractivity contribution < 1.29 is 4.57 Å². The first-order valence-electron chi connectivity index (χ1n) is 5.81. The fourth-order valence-electron chi connectivity index (χ4n) is 1.90. The number of rotatable bonds is 3. The van der Waals surface area contributed by atoms with Gasteiger partial charge in [0.1, 0.15) is 5.52 Å². The van der Waals surface area contributed by atoms with Crippen molar-refractivity contribution in [1.29, 1.82) is 0 Å². The van der Waals surface area contributed by atoms with Crippen LogP contribution in [0.25, 0.3) is 11.0 Å². The average molecular weight is 240 g/mol. The summed E-state index contributed by atoms with van der Waals surface area (Å²) in [7, 11) is 2.00. The lowest BCUT2D eigenvalue weighted by molar-refractivity contribution is -0.657. The standard InChI is InChI=1S/C13H13N5/c1-17-9-5-4-8-13(17)14-10-18-12-7-3-2-6-11(12)15-16-18/h2-9H,10H2,1H3/p+1. The Morgan fingerprint density at radius 2 is 2.00 bits per heavy atom.